The van der Waals surface area contributed by atoms with Crippen LogP contribution in [-0.2, 0) is 6.42 Å². The molecule has 43 heavy (non-hydrogen) atoms. The Balaban J connectivity index is 1.27. The van der Waals surface area contributed by atoms with Crippen LogP contribution in [0.15, 0.2) is 133 Å². The van der Waals surface area contributed by atoms with Gasteiger partial charge in [0, 0.05) is 36.5 Å². The van der Waals surface area contributed by atoms with Crippen molar-refractivity contribution in [3.8, 4) is 22.5 Å². The summed E-state index contributed by atoms with van der Waals surface area (Å²) in [5, 5.41) is 5.22. The van der Waals surface area contributed by atoms with E-state index in [1.54, 1.807) is 0 Å². The highest BCUT2D eigenvalue weighted by Gasteiger charge is 2.15. The highest BCUT2D eigenvalue weighted by molar-refractivity contribution is 14.1. The minimum Gasteiger partial charge on any atom is -0.309 e. The molecule has 8 rings (SSSR count). The maximum atomic E-state index is 2.43. The summed E-state index contributed by atoms with van der Waals surface area (Å²) in [7, 11) is 0. The molecule has 0 saturated heterocycles. The zero-order chi connectivity index (χ0) is 28.9. The lowest BCUT2D eigenvalue weighted by atomic mass is 10.0. The summed E-state index contributed by atoms with van der Waals surface area (Å²) < 4.78 is 6.08. The summed E-state index contributed by atoms with van der Waals surface area (Å²) in [5.74, 6) is 0. The number of nitrogens with zero attached hydrogens (tertiary/aromatic N) is 2. The molecule has 2 aromatic heterocycles. The normalized spacial score (nSPS) is 11.8. The van der Waals surface area contributed by atoms with Gasteiger partial charge in [-0.25, -0.2) is 0 Å². The lowest BCUT2D eigenvalue weighted by Gasteiger charge is -2.13. The Bertz CT molecular complexity index is 2300. The Morgan fingerprint density at radius 3 is 1.63 bits per heavy atom. The van der Waals surface area contributed by atoms with E-state index in [9.17, 15) is 0 Å². The summed E-state index contributed by atoms with van der Waals surface area (Å²) in [4.78, 5) is 0. The topological polar surface area (TPSA) is 9.86 Å². The molecule has 0 fully saturated rings. The number of halogens is 1. The van der Waals surface area contributed by atoms with E-state index in [0.717, 1.165) is 6.42 Å². The number of rotatable bonds is 6. The van der Waals surface area contributed by atoms with Crippen LogP contribution in [0.1, 0.15) is 25.3 Å². The van der Waals surface area contributed by atoms with Gasteiger partial charge in [0.05, 0.1) is 22.1 Å². The van der Waals surface area contributed by atoms with Crippen molar-refractivity contribution >= 4 is 66.2 Å². The maximum absolute atomic E-state index is 2.43. The fourth-order valence-corrected chi connectivity index (χ4v) is 7.20. The van der Waals surface area contributed by atoms with Crippen molar-refractivity contribution in [1.82, 2.24) is 9.13 Å². The third-order valence-electron chi connectivity index (χ3n) is 8.73. The number of para-hydroxylation sites is 2. The van der Waals surface area contributed by atoms with Crippen molar-refractivity contribution in [2.75, 3.05) is 0 Å². The molecule has 0 bridgehead atoms. The Morgan fingerprint density at radius 1 is 0.488 bits per heavy atom. The smallest absolute Gasteiger partial charge is 0.0541 e. The first-order valence-electron chi connectivity index (χ1n) is 15.1. The molecule has 208 valence electrons. The first kappa shape index (κ1) is 26.3. The van der Waals surface area contributed by atoms with Crippen molar-refractivity contribution in [2.45, 2.75) is 26.2 Å². The number of aryl methyl sites for hydroxylation is 1. The van der Waals surface area contributed by atoms with E-state index in [4.69, 9.17) is 0 Å². The predicted octanol–water partition coefficient (Wildman–Crippen LogP) is 11.5. The molecule has 8 aromatic rings. The number of benzene rings is 6. The van der Waals surface area contributed by atoms with Crippen LogP contribution in [-0.4, -0.2) is 9.13 Å². The second kappa shape index (κ2) is 10.7. The van der Waals surface area contributed by atoms with E-state index >= 15 is 0 Å². The van der Waals surface area contributed by atoms with E-state index in [-0.39, 0.29) is 0 Å². The third kappa shape index (κ3) is 4.45. The molecule has 0 aliphatic rings. The van der Waals surface area contributed by atoms with E-state index < -0.39 is 0 Å². The van der Waals surface area contributed by atoms with Gasteiger partial charge < -0.3 is 9.13 Å². The standard InChI is InChI=1S/C40H31IN2/c1-2-3-10-27-19-21-39-35(23-27)33-15-4-6-17-37(33)42(39)31-13-8-11-28(24-31)29-12-9-14-32(25-29)43-38-18-7-5-16-34(38)36-26-30(41)20-22-40(36)43/h4-9,11-26H,2-3,10H2,1H3. The van der Waals surface area contributed by atoms with Gasteiger partial charge in [-0.15, -0.1) is 0 Å². The quantitative estimate of drug-likeness (QED) is 0.156. The van der Waals surface area contributed by atoms with E-state index in [0.29, 0.717) is 0 Å². The zero-order valence-electron chi connectivity index (χ0n) is 24.1. The Labute approximate surface area is 265 Å². The first-order chi connectivity index (χ1) is 21.2. The highest BCUT2D eigenvalue weighted by atomic mass is 127. The molecule has 0 spiro atoms. The van der Waals surface area contributed by atoms with E-state index in [1.807, 2.05) is 0 Å². The number of hydrogen-bond acceptors (Lipinski definition) is 0. The Morgan fingerprint density at radius 2 is 1.02 bits per heavy atom. The fourth-order valence-electron chi connectivity index (χ4n) is 6.71. The molecule has 0 atom stereocenters. The van der Waals surface area contributed by atoms with Crippen LogP contribution in [0.2, 0.25) is 0 Å². The SMILES string of the molecule is CCCCc1ccc2c(c1)c1ccccc1n2-c1cccc(-c2cccc(-n3c4ccccc4c4cc(I)ccc43)c2)c1. The lowest BCUT2D eigenvalue weighted by Crippen LogP contribution is -1.96. The molecule has 0 aliphatic heterocycles. The largest absolute Gasteiger partial charge is 0.309 e. The van der Waals surface area contributed by atoms with Crippen LogP contribution in [0, 0.1) is 3.57 Å². The van der Waals surface area contributed by atoms with Gasteiger partial charge in [0.15, 0.2) is 0 Å². The average molecular weight is 667 g/mol. The molecule has 0 aliphatic carbocycles. The second-order valence-corrected chi connectivity index (χ2v) is 12.7. The molecule has 2 heterocycles. The highest BCUT2D eigenvalue weighted by Crippen LogP contribution is 2.36. The van der Waals surface area contributed by atoms with E-state index in [2.05, 4.69) is 172 Å². The molecule has 0 saturated carbocycles. The van der Waals surface area contributed by atoms with Crippen LogP contribution in [0.4, 0.5) is 0 Å². The first-order valence-corrected chi connectivity index (χ1v) is 16.2. The van der Waals surface area contributed by atoms with Crippen molar-refractivity contribution in [3.05, 3.63) is 143 Å². The summed E-state index contributed by atoms with van der Waals surface area (Å²) in [5.41, 5.74) is 11.2. The van der Waals surface area contributed by atoms with Gasteiger partial charge in [0.25, 0.3) is 0 Å². The summed E-state index contributed by atoms with van der Waals surface area (Å²) in [6.45, 7) is 2.26. The van der Waals surface area contributed by atoms with Crippen LogP contribution in [0.3, 0.4) is 0 Å². The lowest BCUT2D eigenvalue weighted by molar-refractivity contribution is 0.796. The summed E-state index contributed by atoms with van der Waals surface area (Å²) in [6.07, 6.45) is 3.56. The minimum absolute atomic E-state index is 1.13. The minimum atomic E-state index is 1.13. The monoisotopic (exact) mass is 666 g/mol. The zero-order valence-corrected chi connectivity index (χ0v) is 26.3. The maximum Gasteiger partial charge on any atom is 0.0541 e. The van der Waals surface area contributed by atoms with Gasteiger partial charge in [-0.3, -0.25) is 0 Å². The van der Waals surface area contributed by atoms with Gasteiger partial charge >= 0.3 is 0 Å². The Hall–Kier alpha value is -4.35. The Kier molecular flexibility index (Phi) is 6.56. The van der Waals surface area contributed by atoms with Gasteiger partial charge in [-0.2, -0.15) is 0 Å². The van der Waals surface area contributed by atoms with Crippen LogP contribution >= 0.6 is 22.6 Å². The number of hydrogen-bond donors (Lipinski definition) is 0. The molecule has 6 aromatic carbocycles. The van der Waals surface area contributed by atoms with Gasteiger partial charge in [0.2, 0.25) is 0 Å². The summed E-state index contributed by atoms with van der Waals surface area (Å²) in [6, 6.07) is 49.3. The van der Waals surface area contributed by atoms with Crippen molar-refractivity contribution in [1.29, 1.82) is 0 Å². The average Bonchev–Trinajstić information content (AvgIpc) is 3.56. The van der Waals surface area contributed by atoms with Gasteiger partial charge in [0.1, 0.15) is 0 Å². The van der Waals surface area contributed by atoms with Crippen LogP contribution in [0.25, 0.3) is 66.1 Å². The van der Waals surface area contributed by atoms with Gasteiger partial charge in [-0.1, -0.05) is 80.1 Å². The number of aromatic nitrogens is 2. The second-order valence-electron chi connectivity index (χ2n) is 11.4. The van der Waals surface area contributed by atoms with Gasteiger partial charge in [-0.05, 0) is 119 Å². The molecule has 2 nitrogen and oxygen atoms in total. The molecular formula is C40H31IN2. The van der Waals surface area contributed by atoms with Crippen LogP contribution < -0.4 is 0 Å². The van der Waals surface area contributed by atoms with E-state index in [1.165, 1.54) is 88.1 Å². The summed E-state index contributed by atoms with van der Waals surface area (Å²) >= 11 is 2.41. The predicted molar refractivity (Wildman–Crippen MR) is 192 cm³/mol. The number of fused-ring (bicyclic) bond motifs is 6. The van der Waals surface area contributed by atoms with Crippen molar-refractivity contribution in [3.63, 3.8) is 0 Å². The molecule has 0 amide bonds. The third-order valence-corrected chi connectivity index (χ3v) is 9.40. The molecular weight excluding hydrogens is 635 g/mol. The number of unbranched alkanes of at least 4 members (excludes halogenated alkanes) is 1. The fraction of sp³-hybridized carbons (Fsp3) is 0.100. The molecule has 0 unspecified atom stereocenters. The van der Waals surface area contributed by atoms with Crippen LogP contribution in [0.5, 0.6) is 0 Å². The van der Waals surface area contributed by atoms with Crippen molar-refractivity contribution < 1.29 is 0 Å². The molecule has 0 radical (unpaired) electrons. The molecule has 3 heteroatoms. The van der Waals surface area contributed by atoms with Crippen molar-refractivity contribution in [2.24, 2.45) is 0 Å². The molecule has 0 N–H and O–H groups in total.